The first-order valence-electron chi connectivity index (χ1n) is 8.68. The Morgan fingerprint density at radius 2 is 1.71 bits per heavy atom. The molecule has 0 radical (unpaired) electrons. The van der Waals surface area contributed by atoms with Crippen molar-refractivity contribution in [1.29, 1.82) is 0 Å². The van der Waals surface area contributed by atoms with Gasteiger partial charge in [0.15, 0.2) is 0 Å². The van der Waals surface area contributed by atoms with Crippen LogP contribution < -0.4 is 4.72 Å². The van der Waals surface area contributed by atoms with Gasteiger partial charge in [-0.25, -0.2) is 8.93 Å². The lowest BCUT2D eigenvalue weighted by molar-refractivity contribution is -0.144. The summed E-state index contributed by atoms with van der Waals surface area (Å²) in [6.07, 6.45) is 0. The van der Waals surface area contributed by atoms with E-state index in [0.29, 0.717) is 4.21 Å². The SMILES string of the molecule is CC(c1ccccc1)[C@](C)(NS(=O)c1ccc(-c2ccc(O)cc2)s1)C(=O)O. The van der Waals surface area contributed by atoms with Gasteiger partial charge in [0.05, 0.1) is 0 Å². The molecule has 3 rings (SSSR count). The molecular weight excluding hydrogens is 394 g/mol. The molecule has 7 heteroatoms. The Hall–Kier alpha value is -2.48. The fourth-order valence-corrected chi connectivity index (χ4v) is 5.22. The van der Waals surface area contributed by atoms with Gasteiger partial charge in [0.25, 0.3) is 0 Å². The van der Waals surface area contributed by atoms with E-state index in [1.807, 2.05) is 43.3 Å². The first-order valence-corrected chi connectivity index (χ1v) is 10.6. The van der Waals surface area contributed by atoms with Crippen molar-refractivity contribution in [2.75, 3.05) is 0 Å². The second-order valence-electron chi connectivity index (χ2n) is 6.68. The van der Waals surface area contributed by atoms with Crippen LogP contribution in [0.4, 0.5) is 0 Å². The molecule has 0 aliphatic carbocycles. The molecule has 1 heterocycles. The predicted molar refractivity (Wildman–Crippen MR) is 112 cm³/mol. The molecule has 0 spiro atoms. The largest absolute Gasteiger partial charge is 0.508 e. The molecule has 3 atom stereocenters. The average Bonchev–Trinajstić information content (AvgIpc) is 3.18. The molecule has 0 saturated carbocycles. The lowest BCUT2D eigenvalue weighted by atomic mass is 9.83. The number of benzene rings is 2. The number of phenols is 1. The number of phenolic OH excluding ortho intramolecular Hbond substituents is 1. The molecule has 0 aliphatic rings. The summed E-state index contributed by atoms with van der Waals surface area (Å²) in [5.74, 6) is -1.28. The minimum absolute atomic E-state index is 0.179. The summed E-state index contributed by atoms with van der Waals surface area (Å²) in [6, 6.07) is 19.6. The molecule has 0 fully saturated rings. The van der Waals surface area contributed by atoms with Crippen molar-refractivity contribution in [3.8, 4) is 16.2 Å². The van der Waals surface area contributed by atoms with Gasteiger partial charge in [0, 0.05) is 10.8 Å². The Morgan fingerprint density at radius 1 is 1.07 bits per heavy atom. The Bertz CT molecular complexity index is 985. The topological polar surface area (TPSA) is 86.6 Å². The van der Waals surface area contributed by atoms with E-state index in [-0.39, 0.29) is 5.75 Å². The number of nitrogens with one attached hydrogen (secondary N) is 1. The summed E-state index contributed by atoms with van der Waals surface area (Å²) in [4.78, 5) is 12.9. The van der Waals surface area contributed by atoms with Crippen molar-refractivity contribution in [3.05, 3.63) is 72.3 Å². The molecule has 0 amide bonds. The van der Waals surface area contributed by atoms with Crippen molar-refractivity contribution in [1.82, 2.24) is 4.72 Å². The lowest BCUT2D eigenvalue weighted by Crippen LogP contribution is -2.53. The van der Waals surface area contributed by atoms with Crippen LogP contribution in [0.5, 0.6) is 5.75 Å². The molecule has 0 bridgehead atoms. The van der Waals surface area contributed by atoms with E-state index < -0.39 is 28.4 Å². The van der Waals surface area contributed by atoms with E-state index in [0.717, 1.165) is 16.0 Å². The van der Waals surface area contributed by atoms with Crippen molar-refractivity contribution in [2.45, 2.75) is 29.5 Å². The molecule has 3 N–H and O–H groups in total. The zero-order chi connectivity index (χ0) is 20.3. The third-order valence-electron chi connectivity index (χ3n) is 4.83. The van der Waals surface area contributed by atoms with E-state index in [1.165, 1.54) is 11.3 Å². The highest BCUT2D eigenvalue weighted by molar-refractivity contribution is 7.85. The quantitative estimate of drug-likeness (QED) is 0.534. The first kappa shape index (κ1) is 20.3. The summed E-state index contributed by atoms with van der Waals surface area (Å²) >= 11 is 1.32. The maximum Gasteiger partial charge on any atom is 0.325 e. The number of hydrogen-bond donors (Lipinski definition) is 3. The first-order chi connectivity index (χ1) is 13.3. The predicted octanol–water partition coefficient (Wildman–Crippen LogP) is 4.38. The minimum Gasteiger partial charge on any atom is -0.508 e. The number of rotatable bonds is 7. The minimum atomic E-state index is -1.69. The third kappa shape index (κ3) is 4.16. The zero-order valence-electron chi connectivity index (χ0n) is 15.5. The van der Waals surface area contributed by atoms with Crippen LogP contribution in [0.25, 0.3) is 10.4 Å². The van der Waals surface area contributed by atoms with Crippen LogP contribution in [0.15, 0.2) is 70.9 Å². The Balaban J connectivity index is 1.83. The molecule has 28 heavy (non-hydrogen) atoms. The van der Waals surface area contributed by atoms with Crippen molar-refractivity contribution < 1.29 is 19.2 Å². The van der Waals surface area contributed by atoms with E-state index in [4.69, 9.17) is 0 Å². The maximum absolute atomic E-state index is 12.9. The highest BCUT2D eigenvalue weighted by atomic mass is 32.2. The Kier molecular flexibility index (Phi) is 5.98. The number of carboxylic acids is 1. The van der Waals surface area contributed by atoms with Gasteiger partial charge in [-0.05, 0) is 54.4 Å². The molecule has 0 saturated heterocycles. The smallest absolute Gasteiger partial charge is 0.325 e. The summed E-state index contributed by atoms with van der Waals surface area (Å²) in [7, 11) is -1.69. The van der Waals surface area contributed by atoms with Crippen LogP contribution in [0.1, 0.15) is 25.3 Å². The van der Waals surface area contributed by atoms with E-state index in [1.54, 1.807) is 37.3 Å². The van der Waals surface area contributed by atoms with Gasteiger partial charge in [-0.2, -0.15) is 0 Å². The number of thiophene rings is 1. The average molecular weight is 416 g/mol. The molecule has 146 valence electrons. The van der Waals surface area contributed by atoms with Crippen LogP contribution >= 0.6 is 11.3 Å². The number of carbonyl (C=O) groups is 1. The second kappa shape index (κ2) is 8.26. The molecular formula is C21H21NO4S2. The number of hydrogen-bond acceptors (Lipinski definition) is 4. The lowest BCUT2D eigenvalue weighted by Gasteiger charge is -2.32. The van der Waals surface area contributed by atoms with Gasteiger partial charge in [-0.15, -0.1) is 11.3 Å². The monoisotopic (exact) mass is 415 g/mol. The zero-order valence-corrected chi connectivity index (χ0v) is 17.1. The Labute approximate surface area is 170 Å². The summed E-state index contributed by atoms with van der Waals surface area (Å²) < 4.78 is 16.3. The van der Waals surface area contributed by atoms with Crippen molar-refractivity contribution in [2.24, 2.45) is 0 Å². The fraction of sp³-hybridized carbons (Fsp3) is 0.190. The molecule has 5 nitrogen and oxygen atoms in total. The highest BCUT2D eigenvalue weighted by Gasteiger charge is 2.41. The number of carboxylic acid groups (broad SMARTS) is 1. The van der Waals surface area contributed by atoms with Crippen LogP contribution in [0.3, 0.4) is 0 Å². The molecule has 2 aromatic carbocycles. The van der Waals surface area contributed by atoms with Crippen LogP contribution in [-0.4, -0.2) is 25.9 Å². The van der Waals surface area contributed by atoms with Gasteiger partial charge < -0.3 is 10.2 Å². The van der Waals surface area contributed by atoms with Crippen LogP contribution in [0, 0.1) is 0 Å². The maximum atomic E-state index is 12.9. The Morgan fingerprint density at radius 3 is 2.32 bits per heavy atom. The number of aromatic hydroxyl groups is 1. The number of aliphatic carboxylic acids is 1. The standard InChI is InChI=1S/C21H21NO4S2/c1-14(15-6-4-3-5-7-15)21(2,20(24)25)22-28(26)19-13-12-18(27-19)16-8-10-17(23)11-9-16/h3-14,22-23H,1-2H3,(H,24,25)/t14?,21-,28?/m0/s1. The van der Waals surface area contributed by atoms with Crippen molar-refractivity contribution in [3.63, 3.8) is 0 Å². The van der Waals surface area contributed by atoms with Gasteiger partial charge in [0.2, 0.25) is 0 Å². The molecule has 1 aromatic heterocycles. The van der Waals surface area contributed by atoms with Gasteiger partial charge in [-0.1, -0.05) is 37.3 Å². The van der Waals surface area contributed by atoms with Gasteiger partial charge in [0.1, 0.15) is 26.5 Å². The fourth-order valence-electron chi connectivity index (χ4n) is 2.84. The molecule has 0 aliphatic heterocycles. The summed E-state index contributed by atoms with van der Waals surface area (Å²) in [5, 5.41) is 19.3. The van der Waals surface area contributed by atoms with E-state index >= 15 is 0 Å². The van der Waals surface area contributed by atoms with Crippen LogP contribution in [-0.2, 0) is 15.8 Å². The van der Waals surface area contributed by atoms with Gasteiger partial charge in [-0.3, -0.25) is 4.79 Å². The van der Waals surface area contributed by atoms with Crippen LogP contribution in [0.2, 0.25) is 0 Å². The normalized spacial score (nSPS) is 15.5. The summed E-state index contributed by atoms with van der Waals surface area (Å²) in [6.45, 7) is 3.36. The third-order valence-corrected chi connectivity index (χ3v) is 7.57. The second-order valence-corrected chi connectivity index (χ2v) is 9.20. The summed E-state index contributed by atoms with van der Waals surface area (Å²) in [5.41, 5.74) is 0.340. The van der Waals surface area contributed by atoms with Crippen molar-refractivity contribution >= 4 is 28.3 Å². The molecule has 3 aromatic rings. The van der Waals surface area contributed by atoms with Gasteiger partial charge >= 0.3 is 5.97 Å². The van der Waals surface area contributed by atoms with E-state index in [9.17, 15) is 19.2 Å². The highest BCUT2D eigenvalue weighted by Crippen LogP contribution is 2.33. The molecule has 2 unspecified atom stereocenters. The van der Waals surface area contributed by atoms with E-state index in [2.05, 4.69) is 4.72 Å².